The predicted octanol–water partition coefficient (Wildman–Crippen LogP) is 4.76. The van der Waals surface area contributed by atoms with Gasteiger partial charge in [0.2, 0.25) is 0 Å². The molecule has 0 radical (unpaired) electrons. The number of nitrogens with one attached hydrogen (secondary N) is 1. The molecule has 2 rings (SSSR count). The molecule has 2 aromatic rings. The maximum absolute atomic E-state index is 12.3. The molecule has 6 heteroatoms. The van der Waals surface area contributed by atoms with Crippen LogP contribution in [0.1, 0.15) is 17.3 Å². The summed E-state index contributed by atoms with van der Waals surface area (Å²) < 4.78 is 11.4. The van der Waals surface area contributed by atoms with Crippen molar-refractivity contribution in [3.63, 3.8) is 0 Å². The van der Waals surface area contributed by atoms with Crippen LogP contribution in [-0.2, 0) is 0 Å². The molecule has 0 atom stereocenters. The first kappa shape index (κ1) is 16.6. The lowest BCUT2D eigenvalue weighted by Gasteiger charge is -2.13. The zero-order chi connectivity index (χ0) is 16.1. The van der Waals surface area contributed by atoms with Crippen LogP contribution in [0.3, 0.4) is 0 Å². The van der Waals surface area contributed by atoms with Gasteiger partial charge in [-0.15, -0.1) is 0 Å². The van der Waals surface area contributed by atoms with Crippen LogP contribution in [0.25, 0.3) is 0 Å². The number of rotatable bonds is 5. The second-order valence-electron chi connectivity index (χ2n) is 4.39. The van der Waals surface area contributed by atoms with Gasteiger partial charge in [0.25, 0.3) is 5.91 Å². The van der Waals surface area contributed by atoms with Gasteiger partial charge >= 0.3 is 0 Å². The molecule has 4 nitrogen and oxygen atoms in total. The van der Waals surface area contributed by atoms with Crippen LogP contribution in [0.4, 0.5) is 5.69 Å². The quantitative estimate of drug-likeness (QED) is 0.808. The van der Waals surface area contributed by atoms with Crippen LogP contribution < -0.4 is 14.8 Å². The Balaban J connectivity index is 2.28. The maximum atomic E-state index is 12.3. The number of amides is 1. The van der Waals surface area contributed by atoms with Gasteiger partial charge in [-0.1, -0.05) is 17.7 Å². The molecule has 0 unspecified atom stereocenters. The fourth-order valence-corrected chi connectivity index (χ4v) is 2.65. The maximum Gasteiger partial charge on any atom is 0.255 e. The molecule has 116 valence electrons. The molecular formula is C16H15BrClNO3. The summed E-state index contributed by atoms with van der Waals surface area (Å²) in [5, 5.41) is 3.35. The van der Waals surface area contributed by atoms with E-state index in [9.17, 15) is 4.79 Å². The van der Waals surface area contributed by atoms with Gasteiger partial charge in [-0.05, 0) is 53.2 Å². The van der Waals surface area contributed by atoms with E-state index < -0.39 is 0 Å². The van der Waals surface area contributed by atoms with E-state index in [-0.39, 0.29) is 5.91 Å². The Bertz CT molecular complexity index is 691. The fourth-order valence-electron chi connectivity index (χ4n) is 1.90. The van der Waals surface area contributed by atoms with Crippen molar-refractivity contribution in [2.75, 3.05) is 19.0 Å². The lowest BCUT2D eigenvalue weighted by molar-refractivity contribution is 0.102. The molecule has 0 aliphatic heterocycles. The summed E-state index contributed by atoms with van der Waals surface area (Å²) in [4.78, 5) is 12.3. The number of carbonyl (C=O) groups excluding carboxylic acids is 1. The van der Waals surface area contributed by atoms with Gasteiger partial charge in [-0.25, -0.2) is 0 Å². The zero-order valence-corrected chi connectivity index (χ0v) is 14.5. The number of carbonyl (C=O) groups is 1. The van der Waals surface area contributed by atoms with Crippen LogP contribution in [0, 0.1) is 0 Å². The topological polar surface area (TPSA) is 47.6 Å². The molecule has 0 aromatic heterocycles. The van der Waals surface area contributed by atoms with E-state index in [0.717, 1.165) is 0 Å². The summed E-state index contributed by atoms with van der Waals surface area (Å²) in [6.07, 6.45) is 0. The van der Waals surface area contributed by atoms with Gasteiger partial charge in [-0.2, -0.15) is 0 Å². The van der Waals surface area contributed by atoms with Crippen molar-refractivity contribution >= 4 is 39.1 Å². The number of hydrogen-bond donors (Lipinski definition) is 1. The Kier molecular flexibility index (Phi) is 5.69. The summed E-state index contributed by atoms with van der Waals surface area (Å²) in [6, 6.07) is 10.3. The van der Waals surface area contributed by atoms with E-state index in [2.05, 4.69) is 21.2 Å². The lowest BCUT2D eigenvalue weighted by atomic mass is 10.2. The van der Waals surface area contributed by atoms with E-state index in [1.54, 1.807) is 36.4 Å². The van der Waals surface area contributed by atoms with E-state index in [1.807, 2.05) is 6.92 Å². The van der Waals surface area contributed by atoms with Crippen molar-refractivity contribution in [1.82, 2.24) is 0 Å². The fraction of sp³-hybridized carbons (Fsp3) is 0.188. The summed E-state index contributed by atoms with van der Waals surface area (Å²) in [5.41, 5.74) is 1.08. The summed E-state index contributed by atoms with van der Waals surface area (Å²) in [5.74, 6) is 0.807. The average Bonchev–Trinajstić information content (AvgIpc) is 2.49. The summed E-state index contributed by atoms with van der Waals surface area (Å²) >= 11 is 9.31. The van der Waals surface area contributed by atoms with Crippen molar-refractivity contribution in [3.05, 3.63) is 51.5 Å². The normalized spacial score (nSPS) is 10.2. The number of ether oxygens (including phenoxy) is 2. The van der Waals surface area contributed by atoms with Gasteiger partial charge in [0.15, 0.2) is 11.5 Å². The van der Waals surface area contributed by atoms with Crippen LogP contribution in [0.15, 0.2) is 40.9 Å². The minimum absolute atomic E-state index is 0.260. The lowest BCUT2D eigenvalue weighted by Crippen LogP contribution is -2.12. The van der Waals surface area contributed by atoms with Crippen molar-refractivity contribution in [1.29, 1.82) is 0 Å². The highest BCUT2D eigenvalue weighted by Gasteiger charge is 2.15. The first-order valence-corrected chi connectivity index (χ1v) is 7.79. The number of anilines is 1. The van der Waals surface area contributed by atoms with E-state index in [4.69, 9.17) is 21.1 Å². The van der Waals surface area contributed by atoms with E-state index in [0.29, 0.717) is 38.9 Å². The number of benzene rings is 2. The van der Waals surface area contributed by atoms with Crippen LogP contribution in [-0.4, -0.2) is 19.6 Å². The molecule has 0 saturated carbocycles. The van der Waals surface area contributed by atoms with Crippen LogP contribution in [0.5, 0.6) is 11.5 Å². The Morgan fingerprint density at radius 3 is 2.73 bits per heavy atom. The molecule has 0 aliphatic carbocycles. The van der Waals surface area contributed by atoms with Crippen LogP contribution >= 0.6 is 27.5 Å². The van der Waals surface area contributed by atoms with Crippen molar-refractivity contribution in [2.24, 2.45) is 0 Å². The number of halogens is 2. The Morgan fingerprint density at radius 1 is 1.32 bits per heavy atom. The Morgan fingerprint density at radius 2 is 2.09 bits per heavy atom. The van der Waals surface area contributed by atoms with E-state index in [1.165, 1.54) is 7.11 Å². The largest absolute Gasteiger partial charge is 0.493 e. The molecule has 1 amide bonds. The predicted molar refractivity (Wildman–Crippen MR) is 91.3 cm³/mol. The van der Waals surface area contributed by atoms with Gasteiger partial charge < -0.3 is 14.8 Å². The number of hydrogen-bond acceptors (Lipinski definition) is 3. The minimum atomic E-state index is -0.260. The van der Waals surface area contributed by atoms with Crippen molar-refractivity contribution in [3.8, 4) is 11.5 Å². The van der Waals surface area contributed by atoms with Gasteiger partial charge in [0, 0.05) is 16.3 Å². The Labute approximate surface area is 142 Å². The second kappa shape index (κ2) is 7.51. The highest BCUT2D eigenvalue weighted by atomic mass is 79.9. The molecule has 0 saturated heterocycles. The summed E-state index contributed by atoms with van der Waals surface area (Å²) in [6.45, 7) is 2.38. The van der Waals surface area contributed by atoms with Crippen LogP contribution in [0.2, 0.25) is 5.02 Å². The summed E-state index contributed by atoms with van der Waals surface area (Å²) in [7, 11) is 1.53. The van der Waals surface area contributed by atoms with Gasteiger partial charge in [0.1, 0.15) is 0 Å². The number of methoxy groups -OCH3 is 1. The standard InChI is InChI=1S/C16H15BrClNO3/c1-3-22-15-13(17)7-10(8-14(15)21-2)16(20)19-12-6-4-5-11(18)9-12/h4-9H,3H2,1-2H3,(H,19,20). The third kappa shape index (κ3) is 3.93. The highest BCUT2D eigenvalue weighted by Crippen LogP contribution is 2.36. The first-order valence-electron chi connectivity index (χ1n) is 6.62. The minimum Gasteiger partial charge on any atom is -0.493 e. The molecule has 0 heterocycles. The molecule has 2 aromatic carbocycles. The zero-order valence-electron chi connectivity index (χ0n) is 12.2. The molecule has 0 bridgehead atoms. The molecule has 0 fully saturated rings. The monoisotopic (exact) mass is 383 g/mol. The molecular weight excluding hydrogens is 370 g/mol. The van der Waals surface area contributed by atoms with Crippen molar-refractivity contribution in [2.45, 2.75) is 6.92 Å². The Hall–Kier alpha value is -1.72. The third-order valence-corrected chi connectivity index (χ3v) is 3.69. The van der Waals surface area contributed by atoms with Gasteiger partial charge in [0.05, 0.1) is 18.2 Å². The molecule has 1 N–H and O–H groups in total. The highest BCUT2D eigenvalue weighted by molar-refractivity contribution is 9.10. The van der Waals surface area contributed by atoms with Gasteiger partial charge in [-0.3, -0.25) is 4.79 Å². The smallest absolute Gasteiger partial charge is 0.255 e. The SMILES string of the molecule is CCOc1c(Br)cc(C(=O)Nc2cccc(Cl)c2)cc1OC. The molecule has 0 spiro atoms. The first-order chi connectivity index (χ1) is 10.5. The molecule has 22 heavy (non-hydrogen) atoms. The third-order valence-electron chi connectivity index (χ3n) is 2.86. The second-order valence-corrected chi connectivity index (χ2v) is 5.68. The average molecular weight is 385 g/mol. The van der Waals surface area contributed by atoms with E-state index >= 15 is 0 Å². The molecule has 0 aliphatic rings. The van der Waals surface area contributed by atoms with Crippen molar-refractivity contribution < 1.29 is 14.3 Å².